The summed E-state index contributed by atoms with van der Waals surface area (Å²) in [4.78, 5) is 5.16. The fourth-order valence-corrected chi connectivity index (χ4v) is 7.77. The Balaban J connectivity index is 0.000000874. The van der Waals surface area contributed by atoms with E-state index in [9.17, 15) is 0 Å². The minimum Gasteiger partial charge on any atom is -0.299 e. The van der Waals surface area contributed by atoms with Gasteiger partial charge >= 0.3 is 0 Å². The highest BCUT2D eigenvalue weighted by Crippen LogP contribution is 2.65. The van der Waals surface area contributed by atoms with Gasteiger partial charge in [-0.3, -0.25) is 4.57 Å². The molecule has 1 fully saturated rings. The summed E-state index contributed by atoms with van der Waals surface area (Å²) in [6, 6.07) is 29.5. The van der Waals surface area contributed by atoms with Gasteiger partial charge in [0.1, 0.15) is 5.82 Å². The molecule has 2 heteroatoms. The zero-order chi connectivity index (χ0) is 35.5. The molecule has 49 heavy (non-hydrogen) atoms. The number of rotatable bonds is 10. The molecule has 1 atom stereocenters. The van der Waals surface area contributed by atoms with Gasteiger partial charge in [0.2, 0.25) is 0 Å². The van der Waals surface area contributed by atoms with E-state index < -0.39 is 0 Å². The molecular formula is C47H60N2. The van der Waals surface area contributed by atoms with Gasteiger partial charge in [-0.25, -0.2) is 4.98 Å². The van der Waals surface area contributed by atoms with E-state index in [1.54, 1.807) is 0 Å². The Kier molecular flexibility index (Phi) is 11.1. The van der Waals surface area contributed by atoms with Crippen molar-refractivity contribution in [1.82, 2.24) is 9.55 Å². The van der Waals surface area contributed by atoms with Crippen LogP contribution in [0.25, 0.3) is 39.3 Å². The number of nitrogens with zero attached hydrogens (tertiary/aromatic N) is 2. The summed E-state index contributed by atoms with van der Waals surface area (Å²) in [6.07, 6.45) is 10.4. The lowest BCUT2D eigenvalue weighted by atomic mass is 9.83. The maximum Gasteiger partial charge on any atom is 0.144 e. The molecule has 1 aromatic heterocycles. The van der Waals surface area contributed by atoms with Crippen LogP contribution in [-0.2, 0) is 11.8 Å². The third kappa shape index (κ3) is 7.21. The predicted octanol–water partition coefficient (Wildman–Crippen LogP) is 13.9. The molecule has 0 N–H and O–H groups in total. The van der Waals surface area contributed by atoms with Crippen LogP contribution in [0.3, 0.4) is 0 Å². The molecule has 1 unspecified atom stereocenters. The fourth-order valence-electron chi connectivity index (χ4n) is 7.77. The molecule has 0 radical (unpaired) electrons. The molecule has 6 rings (SSSR count). The third-order valence-corrected chi connectivity index (χ3v) is 11.2. The van der Waals surface area contributed by atoms with Crippen LogP contribution in [-0.4, -0.2) is 9.55 Å². The van der Waals surface area contributed by atoms with Gasteiger partial charge in [-0.05, 0) is 111 Å². The second-order valence-electron chi connectivity index (χ2n) is 15.8. The lowest BCUT2D eigenvalue weighted by molar-refractivity contribution is 0.529. The highest BCUT2D eigenvalue weighted by atomic mass is 15.1. The average molecular weight is 653 g/mol. The summed E-state index contributed by atoms with van der Waals surface area (Å²) in [5.41, 5.74) is 14.9. The largest absolute Gasteiger partial charge is 0.299 e. The number of aromatic nitrogens is 2. The quantitative estimate of drug-likeness (QED) is 0.147. The van der Waals surface area contributed by atoms with Gasteiger partial charge in [0.25, 0.3) is 0 Å². The molecule has 5 aromatic rings. The first-order valence-corrected chi connectivity index (χ1v) is 18.9. The van der Waals surface area contributed by atoms with Crippen molar-refractivity contribution in [2.75, 3.05) is 0 Å². The van der Waals surface area contributed by atoms with E-state index in [1.165, 1.54) is 87.0 Å². The Hall–Kier alpha value is -3.91. The Morgan fingerprint density at radius 2 is 1.37 bits per heavy atom. The van der Waals surface area contributed by atoms with E-state index in [0.29, 0.717) is 11.8 Å². The Labute approximate surface area is 298 Å². The van der Waals surface area contributed by atoms with Crippen molar-refractivity contribution in [2.24, 2.45) is 5.41 Å². The highest BCUT2D eigenvalue weighted by Gasteiger charge is 2.59. The standard InChI is InChI=1S/C42H48N2.C5H12/c1-10-30-18-14-15-29(6)38(30)32-19-20-37(42(9)26-41(42,7)8)36(23-32)40-43-21-22-44(40)39-34(27(2)3)24-33(25-35(39)28(4)5)31-16-12-11-13-17-31;1-3-5-4-2/h11-25,27-28H,10,26H2,1-9H3;3-5H2,1-2H3. The van der Waals surface area contributed by atoms with Crippen LogP contribution < -0.4 is 0 Å². The van der Waals surface area contributed by atoms with Crippen molar-refractivity contribution < 1.29 is 0 Å². The van der Waals surface area contributed by atoms with Crippen molar-refractivity contribution in [3.63, 3.8) is 0 Å². The van der Waals surface area contributed by atoms with Crippen LogP contribution >= 0.6 is 0 Å². The van der Waals surface area contributed by atoms with Crippen LogP contribution in [0.2, 0.25) is 0 Å². The number of unbranched alkanes of at least 4 members (excludes halogenated alkanes) is 2. The molecule has 0 bridgehead atoms. The Bertz CT molecular complexity index is 1840. The van der Waals surface area contributed by atoms with Crippen LogP contribution in [0.4, 0.5) is 0 Å². The number of hydrogen-bond acceptors (Lipinski definition) is 1. The average Bonchev–Trinajstić information content (AvgIpc) is 3.36. The van der Waals surface area contributed by atoms with Crippen LogP contribution in [0.1, 0.15) is 135 Å². The van der Waals surface area contributed by atoms with Gasteiger partial charge < -0.3 is 0 Å². The minimum atomic E-state index is 0.107. The maximum atomic E-state index is 5.16. The molecule has 1 saturated carbocycles. The van der Waals surface area contributed by atoms with E-state index in [2.05, 4.69) is 166 Å². The first-order chi connectivity index (χ1) is 23.4. The van der Waals surface area contributed by atoms with Gasteiger partial charge in [0.05, 0.1) is 5.69 Å². The monoisotopic (exact) mass is 652 g/mol. The summed E-state index contributed by atoms with van der Waals surface area (Å²) in [6.45, 7) is 25.5. The molecule has 2 nitrogen and oxygen atoms in total. The van der Waals surface area contributed by atoms with Gasteiger partial charge in [0, 0.05) is 18.0 Å². The first kappa shape index (κ1) is 36.4. The van der Waals surface area contributed by atoms with Crippen molar-refractivity contribution in [2.45, 2.75) is 126 Å². The predicted molar refractivity (Wildman–Crippen MR) is 213 cm³/mol. The highest BCUT2D eigenvalue weighted by molar-refractivity contribution is 5.79. The fraction of sp³-hybridized carbons (Fsp3) is 0.426. The van der Waals surface area contributed by atoms with Crippen LogP contribution in [0.5, 0.6) is 0 Å². The molecule has 4 aromatic carbocycles. The van der Waals surface area contributed by atoms with Crippen molar-refractivity contribution in [3.05, 3.63) is 119 Å². The van der Waals surface area contributed by atoms with Gasteiger partial charge in [-0.15, -0.1) is 0 Å². The van der Waals surface area contributed by atoms with Gasteiger partial charge in [-0.2, -0.15) is 0 Å². The third-order valence-electron chi connectivity index (χ3n) is 11.2. The maximum absolute atomic E-state index is 5.16. The lowest BCUT2D eigenvalue weighted by Crippen LogP contribution is -2.14. The number of aryl methyl sites for hydroxylation is 2. The van der Waals surface area contributed by atoms with Crippen LogP contribution in [0.15, 0.2) is 91.3 Å². The molecule has 0 amide bonds. The molecule has 0 aliphatic heterocycles. The van der Waals surface area contributed by atoms with Gasteiger partial charge in [-0.1, -0.05) is 149 Å². The van der Waals surface area contributed by atoms with E-state index in [-0.39, 0.29) is 10.8 Å². The molecule has 1 aliphatic carbocycles. The van der Waals surface area contributed by atoms with Crippen molar-refractivity contribution in [3.8, 4) is 39.3 Å². The molecule has 1 aliphatic rings. The second kappa shape index (κ2) is 14.9. The summed E-state index contributed by atoms with van der Waals surface area (Å²) < 4.78 is 2.40. The number of benzene rings is 4. The summed E-state index contributed by atoms with van der Waals surface area (Å²) in [5.74, 6) is 1.74. The summed E-state index contributed by atoms with van der Waals surface area (Å²) >= 11 is 0. The van der Waals surface area contributed by atoms with Crippen LogP contribution in [0, 0.1) is 12.3 Å². The zero-order valence-electron chi connectivity index (χ0n) is 32.2. The zero-order valence-corrected chi connectivity index (χ0v) is 32.2. The van der Waals surface area contributed by atoms with Crippen molar-refractivity contribution >= 4 is 0 Å². The molecular weight excluding hydrogens is 593 g/mol. The minimum absolute atomic E-state index is 0.107. The Morgan fingerprint density at radius 3 is 1.90 bits per heavy atom. The Morgan fingerprint density at radius 1 is 0.735 bits per heavy atom. The number of hydrogen-bond donors (Lipinski definition) is 0. The molecule has 1 heterocycles. The van der Waals surface area contributed by atoms with E-state index >= 15 is 0 Å². The summed E-state index contributed by atoms with van der Waals surface area (Å²) in [7, 11) is 0. The lowest BCUT2D eigenvalue weighted by Gasteiger charge is -2.26. The number of imidazole rings is 1. The smallest absolute Gasteiger partial charge is 0.144 e. The molecule has 258 valence electrons. The molecule has 0 spiro atoms. The van der Waals surface area contributed by atoms with Gasteiger partial charge in [0.15, 0.2) is 0 Å². The normalized spacial score (nSPS) is 16.5. The van der Waals surface area contributed by atoms with E-state index in [0.717, 1.165) is 12.2 Å². The molecule has 0 saturated heterocycles. The van der Waals surface area contributed by atoms with Crippen molar-refractivity contribution in [1.29, 1.82) is 0 Å². The van der Waals surface area contributed by atoms with E-state index in [1.807, 2.05) is 6.20 Å². The second-order valence-corrected chi connectivity index (χ2v) is 15.8. The SMILES string of the molecule is CCCCC.CCc1cccc(C)c1-c1ccc(C2(C)CC2(C)C)c(-c2nccn2-c2c(C(C)C)cc(-c3ccccc3)cc2C(C)C)c1. The topological polar surface area (TPSA) is 17.8 Å². The summed E-state index contributed by atoms with van der Waals surface area (Å²) in [5, 5.41) is 0. The van der Waals surface area contributed by atoms with E-state index in [4.69, 9.17) is 4.98 Å². The first-order valence-electron chi connectivity index (χ1n) is 18.9.